The van der Waals surface area contributed by atoms with Gasteiger partial charge in [0.05, 0.1) is 4.92 Å². The molecular formula is C14H17NO5. The van der Waals surface area contributed by atoms with Crippen molar-refractivity contribution in [3.8, 4) is 5.75 Å². The van der Waals surface area contributed by atoms with Crippen molar-refractivity contribution >= 4 is 11.7 Å². The van der Waals surface area contributed by atoms with Gasteiger partial charge in [-0.05, 0) is 31.2 Å². The highest BCUT2D eigenvalue weighted by molar-refractivity contribution is 5.92. The second kappa shape index (κ2) is 5.90. The Morgan fingerprint density at radius 2 is 2.10 bits per heavy atom. The molecule has 0 spiro atoms. The number of rotatable bonds is 4. The van der Waals surface area contributed by atoms with E-state index in [1.54, 1.807) is 0 Å². The monoisotopic (exact) mass is 279 g/mol. The molecule has 2 unspecified atom stereocenters. The number of ether oxygens (including phenoxy) is 1. The number of carboxylic acids is 1. The highest BCUT2D eigenvalue weighted by Crippen LogP contribution is 2.30. The predicted octanol–water partition coefficient (Wildman–Crippen LogP) is 3.25. The van der Waals surface area contributed by atoms with E-state index in [0.29, 0.717) is 11.7 Å². The average Bonchev–Trinajstić information content (AvgIpc) is 2.41. The predicted molar refractivity (Wildman–Crippen MR) is 72.1 cm³/mol. The molecule has 0 bridgehead atoms. The molecule has 0 aliphatic heterocycles. The van der Waals surface area contributed by atoms with Crippen LogP contribution in [-0.2, 0) is 0 Å². The van der Waals surface area contributed by atoms with E-state index in [0.717, 1.165) is 19.3 Å². The number of carbonyl (C=O) groups is 1. The summed E-state index contributed by atoms with van der Waals surface area (Å²) >= 11 is 0. The van der Waals surface area contributed by atoms with Crippen molar-refractivity contribution in [2.24, 2.45) is 5.92 Å². The molecule has 20 heavy (non-hydrogen) atoms. The molecule has 0 radical (unpaired) electrons. The molecule has 108 valence electrons. The van der Waals surface area contributed by atoms with Gasteiger partial charge in [-0.1, -0.05) is 13.3 Å². The van der Waals surface area contributed by atoms with E-state index in [1.807, 2.05) is 0 Å². The van der Waals surface area contributed by atoms with Crippen molar-refractivity contribution in [3.05, 3.63) is 33.9 Å². The Balaban J connectivity index is 2.22. The van der Waals surface area contributed by atoms with E-state index in [1.165, 1.54) is 24.6 Å². The number of nitrogens with zero attached hydrogens (tertiary/aromatic N) is 1. The molecule has 6 heteroatoms. The standard InChI is InChI=1S/C14H17NO5/c1-9-4-2-3-5-13(9)20-10-6-7-12(15(18)19)11(8-10)14(16)17/h6-9,13H,2-5H2,1H3,(H,16,17). The minimum atomic E-state index is -1.32. The molecule has 0 heterocycles. The van der Waals surface area contributed by atoms with Crippen molar-refractivity contribution in [2.45, 2.75) is 38.7 Å². The zero-order valence-electron chi connectivity index (χ0n) is 11.2. The van der Waals surface area contributed by atoms with Crippen LogP contribution in [0.25, 0.3) is 0 Å². The first-order valence-electron chi connectivity index (χ1n) is 6.67. The van der Waals surface area contributed by atoms with Gasteiger partial charge in [-0.15, -0.1) is 0 Å². The Hall–Kier alpha value is -2.11. The smallest absolute Gasteiger partial charge is 0.342 e. The van der Waals surface area contributed by atoms with Crippen molar-refractivity contribution in [1.29, 1.82) is 0 Å². The highest BCUT2D eigenvalue weighted by atomic mass is 16.6. The van der Waals surface area contributed by atoms with E-state index in [2.05, 4.69) is 6.92 Å². The molecule has 1 aromatic carbocycles. The van der Waals surface area contributed by atoms with Crippen LogP contribution in [0.3, 0.4) is 0 Å². The maximum atomic E-state index is 11.1. The fourth-order valence-corrected chi connectivity index (χ4v) is 2.55. The third-order valence-corrected chi connectivity index (χ3v) is 3.72. The number of benzene rings is 1. The normalized spacial score (nSPS) is 22.2. The van der Waals surface area contributed by atoms with E-state index < -0.39 is 16.6 Å². The molecule has 0 aromatic heterocycles. The highest BCUT2D eigenvalue weighted by Gasteiger charge is 2.25. The molecule has 2 rings (SSSR count). The van der Waals surface area contributed by atoms with Crippen molar-refractivity contribution < 1.29 is 19.6 Å². The number of hydrogen-bond acceptors (Lipinski definition) is 4. The van der Waals surface area contributed by atoms with Crippen LogP contribution < -0.4 is 4.74 Å². The molecule has 6 nitrogen and oxygen atoms in total. The van der Waals surface area contributed by atoms with Gasteiger partial charge in [0, 0.05) is 12.1 Å². The minimum absolute atomic E-state index is 0.0480. The second-order valence-corrected chi connectivity index (χ2v) is 5.16. The Morgan fingerprint density at radius 3 is 2.70 bits per heavy atom. The first-order valence-corrected chi connectivity index (χ1v) is 6.67. The number of nitro benzene ring substituents is 1. The van der Waals surface area contributed by atoms with Crippen LogP contribution in [0, 0.1) is 16.0 Å². The van der Waals surface area contributed by atoms with Gasteiger partial charge < -0.3 is 9.84 Å². The summed E-state index contributed by atoms with van der Waals surface area (Å²) < 4.78 is 5.81. The fourth-order valence-electron chi connectivity index (χ4n) is 2.55. The van der Waals surface area contributed by atoms with Crippen LogP contribution in [-0.4, -0.2) is 22.1 Å². The van der Waals surface area contributed by atoms with Gasteiger partial charge in [-0.25, -0.2) is 4.79 Å². The summed E-state index contributed by atoms with van der Waals surface area (Å²) in [6.07, 6.45) is 4.34. The van der Waals surface area contributed by atoms with E-state index in [4.69, 9.17) is 9.84 Å². The molecule has 0 amide bonds. The molecule has 1 aliphatic carbocycles. The SMILES string of the molecule is CC1CCCCC1Oc1ccc([N+](=O)[O-])c(C(=O)O)c1. The van der Waals surface area contributed by atoms with Crippen LogP contribution in [0.4, 0.5) is 5.69 Å². The van der Waals surface area contributed by atoms with Gasteiger partial charge in [-0.3, -0.25) is 10.1 Å². The zero-order chi connectivity index (χ0) is 14.7. The summed E-state index contributed by atoms with van der Waals surface area (Å²) in [7, 11) is 0. The maximum Gasteiger partial charge on any atom is 0.342 e. The van der Waals surface area contributed by atoms with Gasteiger partial charge in [-0.2, -0.15) is 0 Å². The van der Waals surface area contributed by atoms with Gasteiger partial charge in [0.1, 0.15) is 17.4 Å². The molecule has 1 aliphatic rings. The van der Waals surface area contributed by atoms with E-state index in [-0.39, 0.29) is 11.7 Å². The number of aromatic carboxylic acids is 1. The minimum Gasteiger partial charge on any atom is -0.490 e. The molecule has 1 N–H and O–H groups in total. The largest absolute Gasteiger partial charge is 0.490 e. The van der Waals surface area contributed by atoms with Crippen molar-refractivity contribution in [3.63, 3.8) is 0 Å². The summed E-state index contributed by atoms with van der Waals surface area (Å²) in [5.41, 5.74) is -0.752. The van der Waals surface area contributed by atoms with E-state index in [9.17, 15) is 14.9 Å². The average molecular weight is 279 g/mol. The quantitative estimate of drug-likeness (QED) is 0.675. The summed E-state index contributed by atoms with van der Waals surface area (Å²) in [4.78, 5) is 21.2. The van der Waals surface area contributed by atoms with Gasteiger partial charge >= 0.3 is 5.97 Å². The first kappa shape index (κ1) is 14.3. The number of nitro groups is 1. The molecular weight excluding hydrogens is 262 g/mol. The number of carboxylic acid groups (broad SMARTS) is 1. The third kappa shape index (κ3) is 3.07. The van der Waals surface area contributed by atoms with Crippen molar-refractivity contribution in [2.75, 3.05) is 0 Å². The number of hydrogen-bond donors (Lipinski definition) is 1. The fraction of sp³-hybridized carbons (Fsp3) is 0.500. The lowest BCUT2D eigenvalue weighted by Gasteiger charge is -2.29. The lowest BCUT2D eigenvalue weighted by molar-refractivity contribution is -0.385. The topological polar surface area (TPSA) is 89.7 Å². The maximum absolute atomic E-state index is 11.1. The van der Waals surface area contributed by atoms with Crippen molar-refractivity contribution in [1.82, 2.24) is 0 Å². The summed E-state index contributed by atoms with van der Waals surface area (Å²) in [5, 5.41) is 19.8. The molecule has 1 aromatic rings. The van der Waals surface area contributed by atoms with Crippen LogP contribution in [0.2, 0.25) is 0 Å². The Kier molecular flexibility index (Phi) is 4.22. The molecule has 1 fully saturated rings. The van der Waals surface area contributed by atoms with Gasteiger partial charge in [0.15, 0.2) is 0 Å². The van der Waals surface area contributed by atoms with Crippen LogP contribution in [0.1, 0.15) is 43.0 Å². The Morgan fingerprint density at radius 1 is 1.40 bits per heavy atom. The molecule has 0 saturated heterocycles. The lowest BCUT2D eigenvalue weighted by atomic mass is 9.88. The Labute approximate surface area is 116 Å². The first-order chi connectivity index (χ1) is 9.49. The molecule has 2 atom stereocenters. The zero-order valence-corrected chi connectivity index (χ0v) is 11.2. The lowest BCUT2D eigenvalue weighted by Crippen LogP contribution is -2.28. The van der Waals surface area contributed by atoms with E-state index >= 15 is 0 Å². The Bertz CT molecular complexity index is 528. The third-order valence-electron chi connectivity index (χ3n) is 3.72. The summed E-state index contributed by atoms with van der Waals surface area (Å²) in [6.45, 7) is 2.10. The summed E-state index contributed by atoms with van der Waals surface area (Å²) in [5.74, 6) is -0.530. The molecule has 1 saturated carbocycles. The second-order valence-electron chi connectivity index (χ2n) is 5.16. The van der Waals surface area contributed by atoms with Gasteiger partial charge in [0.25, 0.3) is 5.69 Å². The van der Waals surface area contributed by atoms with Crippen LogP contribution in [0.5, 0.6) is 5.75 Å². The van der Waals surface area contributed by atoms with Crippen LogP contribution in [0.15, 0.2) is 18.2 Å². The van der Waals surface area contributed by atoms with Crippen LogP contribution >= 0.6 is 0 Å². The summed E-state index contributed by atoms with van der Waals surface area (Å²) in [6, 6.07) is 3.89. The van der Waals surface area contributed by atoms with Gasteiger partial charge in [0.2, 0.25) is 0 Å².